The lowest BCUT2D eigenvalue weighted by molar-refractivity contribution is 0.276. The number of aliphatic hydroxyl groups is 1. The zero-order chi connectivity index (χ0) is 12.3. The minimum absolute atomic E-state index is 0.0187. The van der Waals surface area contributed by atoms with Crippen molar-refractivity contribution in [3.63, 3.8) is 0 Å². The molecule has 1 aromatic heterocycles. The Morgan fingerprint density at radius 3 is 2.53 bits per heavy atom. The lowest BCUT2D eigenvalue weighted by Gasteiger charge is -2.08. The quantitative estimate of drug-likeness (QED) is 0.892. The summed E-state index contributed by atoms with van der Waals surface area (Å²) in [7, 11) is 0. The van der Waals surface area contributed by atoms with Gasteiger partial charge in [0, 0.05) is 30.0 Å². The van der Waals surface area contributed by atoms with Crippen LogP contribution in [0.4, 0.5) is 8.78 Å². The summed E-state index contributed by atoms with van der Waals surface area (Å²) < 4.78 is 31.1. The molecule has 0 spiro atoms. The Labute approximate surface area is 96.3 Å². The molecule has 2 aromatic rings. The minimum atomic E-state index is -0.727. The highest BCUT2D eigenvalue weighted by atomic mass is 19.1. The minimum Gasteiger partial charge on any atom is -0.455 e. The van der Waals surface area contributed by atoms with Gasteiger partial charge in [0.2, 0.25) is 0 Å². The van der Waals surface area contributed by atoms with Crippen molar-refractivity contribution in [2.45, 2.75) is 6.61 Å². The van der Waals surface area contributed by atoms with Crippen LogP contribution in [-0.4, -0.2) is 10.1 Å². The van der Waals surface area contributed by atoms with E-state index in [4.69, 9.17) is 9.84 Å². The van der Waals surface area contributed by atoms with Gasteiger partial charge in [-0.05, 0) is 6.07 Å². The third-order valence-corrected chi connectivity index (χ3v) is 2.10. The molecular weight excluding hydrogens is 228 g/mol. The summed E-state index contributed by atoms with van der Waals surface area (Å²) in [5.74, 6) is -1.17. The van der Waals surface area contributed by atoms with Crippen molar-refractivity contribution in [2.24, 2.45) is 0 Å². The van der Waals surface area contributed by atoms with Gasteiger partial charge in [0.1, 0.15) is 17.4 Å². The molecule has 2 rings (SSSR count). The molecule has 0 fully saturated rings. The molecule has 0 aliphatic heterocycles. The molecule has 1 aromatic carbocycles. The summed E-state index contributed by atoms with van der Waals surface area (Å²) in [6, 6.07) is 4.42. The molecule has 0 unspecified atom stereocenters. The van der Waals surface area contributed by atoms with Crippen LogP contribution in [-0.2, 0) is 6.61 Å². The second-order valence-electron chi connectivity index (χ2n) is 3.35. The number of ether oxygens (including phenoxy) is 1. The number of halogens is 2. The van der Waals surface area contributed by atoms with Crippen LogP contribution in [0.2, 0.25) is 0 Å². The highest BCUT2D eigenvalue weighted by Gasteiger charge is 2.06. The summed E-state index contributed by atoms with van der Waals surface area (Å²) in [6.45, 7) is -0.240. The van der Waals surface area contributed by atoms with Gasteiger partial charge in [-0.3, -0.25) is 4.98 Å². The average molecular weight is 237 g/mol. The monoisotopic (exact) mass is 237 g/mol. The van der Waals surface area contributed by atoms with E-state index >= 15 is 0 Å². The molecule has 0 amide bonds. The van der Waals surface area contributed by atoms with Gasteiger partial charge < -0.3 is 9.84 Å². The van der Waals surface area contributed by atoms with E-state index in [-0.39, 0.29) is 18.1 Å². The fourth-order valence-corrected chi connectivity index (χ4v) is 1.35. The van der Waals surface area contributed by atoms with Crippen molar-refractivity contribution in [1.29, 1.82) is 0 Å². The molecule has 0 radical (unpaired) electrons. The number of benzene rings is 1. The van der Waals surface area contributed by atoms with Gasteiger partial charge >= 0.3 is 0 Å². The van der Waals surface area contributed by atoms with Crippen LogP contribution in [0.3, 0.4) is 0 Å². The first-order valence-electron chi connectivity index (χ1n) is 4.87. The largest absolute Gasteiger partial charge is 0.455 e. The molecule has 0 bridgehead atoms. The summed E-state index contributed by atoms with van der Waals surface area (Å²) in [5, 5.41) is 9.05. The molecule has 3 nitrogen and oxygen atoms in total. The highest BCUT2D eigenvalue weighted by Crippen LogP contribution is 2.25. The number of aliphatic hydroxyl groups excluding tert-OH is 1. The molecule has 5 heteroatoms. The van der Waals surface area contributed by atoms with E-state index in [0.717, 1.165) is 18.2 Å². The molecule has 0 aliphatic rings. The third-order valence-electron chi connectivity index (χ3n) is 2.10. The van der Waals surface area contributed by atoms with Crippen molar-refractivity contribution >= 4 is 0 Å². The zero-order valence-corrected chi connectivity index (χ0v) is 8.73. The average Bonchev–Trinajstić information content (AvgIpc) is 2.28. The second kappa shape index (κ2) is 4.88. The third kappa shape index (κ3) is 2.76. The van der Waals surface area contributed by atoms with Crippen LogP contribution in [0.1, 0.15) is 5.56 Å². The molecule has 0 aliphatic carbocycles. The fourth-order valence-electron chi connectivity index (χ4n) is 1.35. The first kappa shape index (κ1) is 11.5. The first-order chi connectivity index (χ1) is 8.19. The number of rotatable bonds is 3. The van der Waals surface area contributed by atoms with Gasteiger partial charge in [-0.15, -0.1) is 0 Å². The van der Waals surface area contributed by atoms with E-state index < -0.39 is 11.6 Å². The van der Waals surface area contributed by atoms with Crippen molar-refractivity contribution in [3.8, 4) is 11.5 Å². The molecule has 0 atom stereocenters. The highest BCUT2D eigenvalue weighted by molar-refractivity contribution is 5.35. The number of pyridine rings is 1. The lowest BCUT2D eigenvalue weighted by Crippen LogP contribution is -1.93. The SMILES string of the molecule is OCc1ccncc1Oc1cc(F)cc(F)c1. The topological polar surface area (TPSA) is 42.4 Å². The van der Waals surface area contributed by atoms with Gasteiger partial charge in [0.25, 0.3) is 0 Å². The number of aromatic nitrogens is 1. The van der Waals surface area contributed by atoms with E-state index in [9.17, 15) is 8.78 Å². The molecule has 1 heterocycles. The summed E-state index contributed by atoms with van der Waals surface area (Å²) in [6.07, 6.45) is 2.86. The molecule has 0 saturated heterocycles. The van der Waals surface area contributed by atoms with Crippen LogP contribution >= 0.6 is 0 Å². The Hall–Kier alpha value is -2.01. The van der Waals surface area contributed by atoms with Crippen molar-refractivity contribution < 1.29 is 18.6 Å². The van der Waals surface area contributed by atoms with Gasteiger partial charge in [-0.2, -0.15) is 0 Å². The Morgan fingerprint density at radius 2 is 1.88 bits per heavy atom. The molecule has 88 valence electrons. The van der Waals surface area contributed by atoms with Gasteiger partial charge in [-0.1, -0.05) is 0 Å². The lowest BCUT2D eigenvalue weighted by atomic mass is 10.2. The van der Waals surface area contributed by atoms with Crippen LogP contribution in [0, 0.1) is 11.6 Å². The van der Waals surface area contributed by atoms with E-state index in [0.29, 0.717) is 5.56 Å². The fraction of sp³-hybridized carbons (Fsp3) is 0.0833. The second-order valence-corrected chi connectivity index (χ2v) is 3.35. The van der Waals surface area contributed by atoms with E-state index in [2.05, 4.69) is 4.98 Å². The number of nitrogens with zero attached hydrogens (tertiary/aromatic N) is 1. The van der Waals surface area contributed by atoms with Crippen LogP contribution < -0.4 is 4.74 Å². The Kier molecular flexibility index (Phi) is 3.30. The zero-order valence-electron chi connectivity index (χ0n) is 8.73. The predicted molar refractivity (Wildman–Crippen MR) is 56.6 cm³/mol. The van der Waals surface area contributed by atoms with Gasteiger partial charge in [0.15, 0.2) is 5.75 Å². The summed E-state index contributed by atoms with van der Waals surface area (Å²) in [4.78, 5) is 3.81. The van der Waals surface area contributed by atoms with Crippen molar-refractivity contribution in [3.05, 3.63) is 53.9 Å². The van der Waals surface area contributed by atoms with E-state index in [1.54, 1.807) is 6.07 Å². The number of hydrogen-bond acceptors (Lipinski definition) is 3. The maximum absolute atomic E-state index is 12.9. The first-order valence-corrected chi connectivity index (χ1v) is 4.87. The Morgan fingerprint density at radius 1 is 1.18 bits per heavy atom. The van der Waals surface area contributed by atoms with E-state index in [1.807, 2.05) is 0 Å². The number of hydrogen-bond donors (Lipinski definition) is 1. The molecule has 1 N–H and O–H groups in total. The summed E-state index contributed by atoms with van der Waals surface area (Å²) in [5.41, 5.74) is 0.490. The Balaban J connectivity index is 2.31. The Bertz CT molecular complexity index is 511. The van der Waals surface area contributed by atoms with Gasteiger partial charge in [0.05, 0.1) is 12.8 Å². The van der Waals surface area contributed by atoms with E-state index in [1.165, 1.54) is 12.4 Å². The maximum atomic E-state index is 12.9. The van der Waals surface area contributed by atoms with Crippen LogP contribution in [0.5, 0.6) is 11.5 Å². The molecule has 17 heavy (non-hydrogen) atoms. The smallest absolute Gasteiger partial charge is 0.151 e. The molecular formula is C12H9F2NO2. The van der Waals surface area contributed by atoms with Crippen LogP contribution in [0.15, 0.2) is 36.7 Å². The standard InChI is InChI=1S/C12H9F2NO2/c13-9-3-10(14)5-11(4-9)17-12-6-15-2-1-8(12)7-16/h1-6,16H,7H2. The normalized spacial score (nSPS) is 10.3. The van der Waals surface area contributed by atoms with Crippen molar-refractivity contribution in [2.75, 3.05) is 0 Å². The van der Waals surface area contributed by atoms with Crippen LogP contribution in [0.25, 0.3) is 0 Å². The molecule has 0 saturated carbocycles. The summed E-state index contributed by atoms with van der Waals surface area (Å²) >= 11 is 0. The maximum Gasteiger partial charge on any atom is 0.151 e. The van der Waals surface area contributed by atoms with Crippen molar-refractivity contribution in [1.82, 2.24) is 4.98 Å². The predicted octanol–water partition coefficient (Wildman–Crippen LogP) is 2.64. The van der Waals surface area contributed by atoms with Gasteiger partial charge in [-0.25, -0.2) is 8.78 Å².